The van der Waals surface area contributed by atoms with Gasteiger partial charge in [-0.15, -0.1) is 0 Å². The maximum atomic E-state index is 13.2. The third-order valence-electron chi connectivity index (χ3n) is 4.88. The molecule has 2 aromatic rings. The summed E-state index contributed by atoms with van der Waals surface area (Å²) in [6.45, 7) is 7.89. The normalized spacial score (nSPS) is 16.6. The van der Waals surface area contributed by atoms with Gasteiger partial charge in [0.15, 0.2) is 5.11 Å². The van der Waals surface area contributed by atoms with E-state index in [-0.39, 0.29) is 16.8 Å². The Balaban J connectivity index is 1.97. The summed E-state index contributed by atoms with van der Waals surface area (Å²) in [7, 11) is 0. The van der Waals surface area contributed by atoms with Crippen molar-refractivity contribution < 1.29 is 14.3 Å². The first-order valence-electron chi connectivity index (χ1n) is 9.66. The smallest absolute Gasteiger partial charge is 0.270 e. The van der Waals surface area contributed by atoms with Gasteiger partial charge in [0.25, 0.3) is 11.8 Å². The molecule has 2 aromatic carbocycles. The van der Waals surface area contributed by atoms with Gasteiger partial charge in [0, 0.05) is 0 Å². The number of nitrogens with one attached hydrogen (secondary N) is 1. The summed E-state index contributed by atoms with van der Waals surface area (Å²) in [6, 6.07) is 11.2. The molecular weight excluding hydrogens is 464 g/mol. The van der Waals surface area contributed by atoms with Crippen LogP contribution in [0.4, 0.5) is 5.69 Å². The molecule has 0 bridgehead atoms. The lowest BCUT2D eigenvalue weighted by Crippen LogP contribution is -2.54. The minimum Gasteiger partial charge on any atom is -0.490 e. The number of hydrogen-bond donors (Lipinski definition) is 1. The van der Waals surface area contributed by atoms with Crippen LogP contribution in [0, 0.1) is 13.8 Å². The summed E-state index contributed by atoms with van der Waals surface area (Å²) in [4.78, 5) is 27.1. The van der Waals surface area contributed by atoms with E-state index in [1.807, 2.05) is 57.2 Å². The quantitative estimate of drug-likeness (QED) is 0.363. The number of benzene rings is 2. The summed E-state index contributed by atoms with van der Waals surface area (Å²) >= 11 is 8.80. The first-order chi connectivity index (χ1) is 14.2. The lowest BCUT2D eigenvalue weighted by atomic mass is 10.0. The third kappa shape index (κ3) is 4.63. The number of carbonyl (C=O) groups excluding carboxylic acids is 2. The average molecular weight is 487 g/mol. The molecule has 0 saturated carbocycles. The van der Waals surface area contributed by atoms with Crippen molar-refractivity contribution in [1.29, 1.82) is 0 Å². The van der Waals surface area contributed by atoms with Gasteiger partial charge >= 0.3 is 0 Å². The Bertz CT molecular complexity index is 1060. The summed E-state index contributed by atoms with van der Waals surface area (Å²) in [5, 5.41) is 2.71. The molecule has 1 aliphatic heterocycles. The predicted molar refractivity (Wildman–Crippen MR) is 127 cm³/mol. The van der Waals surface area contributed by atoms with E-state index in [0.29, 0.717) is 17.0 Å². The van der Waals surface area contributed by atoms with Gasteiger partial charge in [-0.05, 0) is 96.3 Å². The molecule has 1 atom stereocenters. The zero-order chi connectivity index (χ0) is 22.0. The second-order valence-electron chi connectivity index (χ2n) is 7.27. The number of ether oxygens (including phenoxy) is 1. The first-order valence-corrected chi connectivity index (χ1v) is 10.9. The molecule has 2 amide bonds. The molecule has 0 radical (unpaired) electrons. The van der Waals surface area contributed by atoms with E-state index >= 15 is 0 Å². The van der Waals surface area contributed by atoms with Crippen molar-refractivity contribution in [3.63, 3.8) is 0 Å². The number of thiocarbonyl (C=S) groups is 1. The number of rotatable bonds is 5. The molecule has 30 heavy (non-hydrogen) atoms. The van der Waals surface area contributed by atoms with Crippen LogP contribution in [0.3, 0.4) is 0 Å². The van der Waals surface area contributed by atoms with Gasteiger partial charge in [0.1, 0.15) is 11.3 Å². The highest BCUT2D eigenvalue weighted by molar-refractivity contribution is 9.10. The average Bonchev–Trinajstić information content (AvgIpc) is 2.69. The lowest BCUT2D eigenvalue weighted by Gasteiger charge is -2.30. The third-order valence-corrected chi connectivity index (χ3v) is 5.78. The highest BCUT2D eigenvalue weighted by atomic mass is 79.9. The van der Waals surface area contributed by atoms with Gasteiger partial charge in [-0.3, -0.25) is 19.8 Å². The van der Waals surface area contributed by atoms with Crippen molar-refractivity contribution in [2.75, 3.05) is 4.90 Å². The molecule has 7 heteroatoms. The maximum absolute atomic E-state index is 13.2. The molecule has 1 fully saturated rings. The van der Waals surface area contributed by atoms with E-state index in [4.69, 9.17) is 17.0 Å². The SMILES string of the molecule is CC[C@@H](C)Oc1ccc(/C=C2\C(=O)NC(=S)N(c3cc(C)ccc3C)C2=O)cc1Br. The van der Waals surface area contributed by atoms with Crippen molar-refractivity contribution in [1.82, 2.24) is 5.32 Å². The number of halogens is 1. The molecule has 1 N–H and O–H groups in total. The second-order valence-corrected chi connectivity index (χ2v) is 8.52. The van der Waals surface area contributed by atoms with Crippen LogP contribution in [0.2, 0.25) is 0 Å². The van der Waals surface area contributed by atoms with Crippen LogP contribution in [0.25, 0.3) is 6.08 Å². The fraction of sp³-hybridized carbons (Fsp3) is 0.261. The van der Waals surface area contributed by atoms with E-state index in [1.54, 1.807) is 6.08 Å². The van der Waals surface area contributed by atoms with Gasteiger partial charge in [-0.2, -0.15) is 0 Å². The van der Waals surface area contributed by atoms with E-state index in [9.17, 15) is 9.59 Å². The molecule has 1 saturated heterocycles. The molecule has 1 heterocycles. The van der Waals surface area contributed by atoms with Crippen LogP contribution in [0.5, 0.6) is 5.75 Å². The standard InChI is InChI=1S/C23H23BrN2O3S/c1-5-15(4)29-20-9-8-16(12-18(20)24)11-17-21(27)25-23(30)26(22(17)28)19-10-13(2)6-7-14(19)3/h6-12,15H,5H2,1-4H3,(H,25,27,30)/b17-11+/t15-/m1/s1. The van der Waals surface area contributed by atoms with Crippen LogP contribution in [-0.4, -0.2) is 23.0 Å². The van der Waals surface area contributed by atoms with E-state index in [0.717, 1.165) is 22.0 Å². The van der Waals surface area contributed by atoms with E-state index < -0.39 is 11.8 Å². The summed E-state index contributed by atoms with van der Waals surface area (Å²) in [5.41, 5.74) is 3.27. The molecule has 5 nitrogen and oxygen atoms in total. The lowest BCUT2D eigenvalue weighted by molar-refractivity contribution is -0.122. The van der Waals surface area contributed by atoms with Crippen molar-refractivity contribution in [2.45, 2.75) is 40.2 Å². The van der Waals surface area contributed by atoms with E-state index in [2.05, 4.69) is 28.2 Å². The molecule has 3 rings (SSSR count). The summed E-state index contributed by atoms with van der Waals surface area (Å²) in [6.07, 6.45) is 2.54. The molecule has 0 aliphatic carbocycles. The zero-order valence-electron chi connectivity index (χ0n) is 17.3. The van der Waals surface area contributed by atoms with Crippen molar-refractivity contribution in [2.24, 2.45) is 0 Å². The van der Waals surface area contributed by atoms with Crippen molar-refractivity contribution in [3.8, 4) is 5.75 Å². The fourth-order valence-electron chi connectivity index (χ4n) is 3.01. The Hall–Kier alpha value is -2.51. The van der Waals surface area contributed by atoms with Crippen LogP contribution in [0.1, 0.15) is 37.0 Å². The second kappa shape index (κ2) is 9.10. The van der Waals surface area contributed by atoms with Gasteiger partial charge in [0.05, 0.1) is 16.3 Å². The summed E-state index contributed by atoms with van der Waals surface area (Å²) < 4.78 is 6.61. The predicted octanol–water partition coefficient (Wildman–Crippen LogP) is 5.07. The molecule has 1 aliphatic rings. The summed E-state index contributed by atoms with van der Waals surface area (Å²) in [5.74, 6) is -0.250. The highest BCUT2D eigenvalue weighted by Gasteiger charge is 2.35. The number of nitrogens with zero attached hydrogens (tertiary/aromatic N) is 1. The monoisotopic (exact) mass is 486 g/mol. The van der Waals surface area contributed by atoms with Crippen LogP contribution >= 0.6 is 28.1 Å². The zero-order valence-corrected chi connectivity index (χ0v) is 19.7. The Morgan fingerprint density at radius 3 is 2.60 bits per heavy atom. The first kappa shape index (κ1) is 22.2. The van der Waals surface area contributed by atoms with Gasteiger partial charge < -0.3 is 4.74 Å². The molecule has 0 aromatic heterocycles. The minimum absolute atomic E-state index is 0.0204. The number of aryl methyl sites for hydroxylation is 2. The van der Waals surface area contributed by atoms with Crippen molar-refractivity contribution >= 4 is 56.8 Å². The van der Waals surface area contributed by atoms with E-state index in [1.165, 1.54) is 4.90 Å². The maximum Gasteiger partial charge on any atom is 0.270 e. The Labute approximate surface area is 190 Å². The molecule has 156 valence electrons. The minimum atomic E-state index is -0.511. The largest absolute Gasteiger partial charge is 0.490 e. The van der Waals surface area contributed by atoms with Crippen LogP contribution in [0.15, 0.2) is 46.4 Å². The number of hydrogen-bond acceptors (Lipinski definition) is 4. The highest BCUT2D eigenvalue weighted by Crippen LogP contribution is 2.30. The number of anilines is 1. The van der Waals surface area contributed by atoms with Crippen molar-refractivity contribution in [3.05, 3.63) is 63.1 Å². The van der Waals surface area contributed by atoms with Crippen LogP contribution in [-0.2, 0) is 9.59 Å². The van der Waals surface area contributed by atoms with Gasteiger partial charge in [0.2, 0.25) is 0 Å². The Kier molecular flexibility index (Phi) is 6.73. The topological polar surface area (TPSA) is 58.6 Å². The van der Waals surface area contributed by atoms with Crippen LogP contribution < -0.4 is 15.0 Å². The molecule has 0 unspecified atom stereocenters. The van der Waals surface area contributed by atoms with Gasteiger partial charge in [-0.25, -0.2) is 0 Å². The van der Waals surface area contributed by atoms with Gasteiger partial charge in [-0.1, -0.05) is 25.1 Å². The fourth-order valence-corrected chi connectivity index (χ4v) is 3.77. The Morgan fingerprint density at radius 2 is 1.93 bits per heavy atom. The molecular formula is C23H23BrN2O3S. The number of amides is 2. The number of carbonyl (C=O) groups is 2. The Morgan fingerprint density at radius 1 is 1.20 bits per heavy atom. The molecule has 0 spiro atoms.